The number of rotatable bonds is 7. The van der Waals surface area contributed by atoms with E-state index in [0.717, 1.165) is 33.8 Å². The molecule has 2 aromatic carbocycles. The van der Waals surface area contributed by atoms with Gasteiger partial charge in [0.05, 0.1) is 31.0 Å². The summed E-state index contributed by atoms with van der Waals surface area (Å²) in [4.78, 5) is 12.4. The van der Waals surface area contributed by atoms with Crippen molar-refractivity contribution < 1.29 is 9.53 Å². The van der Waals surface area contributed by atoms with Crippen molar-refractivity contribution in [1.29, 1.82) is 0 Å². The Morgan fingerprint density at radius 1 is 1.07 bits per heavy atom. The Labute approximate surface area is 166 Å². The Kier molecular flexibility index (Phi) is 6.14. The average Bonchev–Trinajstić information content (AvgIpc) is 3.06. The lowest BCUT2D eigenvalue weighted by Crippen LogP contribution is -2.28. The van der Waals surface area contributed by atoms with Gasteiger partial charge in [0.15, 0.2) is 0 Å². The summed E-state index contributed by atoms with van der Waals surface area (Å²) in [6.07, 6.45) is 2.13. The number of hydrogen-bond donors (Lipinski definition) is 1. The predicted octanol–water partition coefficient (Wildman–Crippen LogP) is 4.44. The summed E-state index contributed by atoms with van der Waals surface area (Å²) in [6.45, 7) is 8.37. The van der Waals surface area contributed by atoms with Crippen LogP contribution < -0.4 is 10.1 Å². The minimum Gasteiger partial charge on any atom is -0.493 e. The number of benzene rings is 2. The van der Waals surface area contributed by atoms with Crippen molar-refractivity contribution in [1.82, 2.24) is 15.1 Å². The largest absolute Gasteiger partial charge is 0.493 e. The van der Waals surface area contributed by atoms with Crippen molar-refractivity contribution in [2.24, 2.45) is 0 Å². The Balaban J connectivity index is 1.57. The van der Waals surface area contributed by atoms with E-state index in [2.05, 4.69) is 10.4 Å². The zero-order chi connectivity index (χ0) is 20.1. The molecule has 1 aromatic heterocycles. The first kappa shape index (κ1) is 19.7. The van der Waals surface area contributed by atoms with Crippen LogP contribution in [-0.4, -0.2) is 22.3 Å². The lowest BCUT2D eigenvalue weighted by molar-refractivity contribution is -0.122. The summed E-state index contributed by atoms with van der Waals surface area (Å²) in [5, 5.41) is 7.52. The molecule has 1 heterocycles. The van der Waals surface area contributed by atoms with Crippen LogP contribution in [-0.2, 0) is 4.79 Å². The van der Waals surface area contributed by atoms with E-state index in [4.69, 9.17) is 4.74 Å². The van der Waals surface area contributed by atoms with Crippen molar-refractivity contribution in [3.8, 4) is 11.4 Å². The molecule has 0 radical (unpaired) electrons. The zero-order valence-electron chi connectivity index (χ0n) is 16.9. The minimum atomic E-state index is -0.120. The lowest BCUT2D eigenvalue weighted by atomic mass is 10.1. The third-order valence-electron chi connectivity index (χ3n) is 4.88. The number of ether oxygens (including phenoxy) is 1. The number of nitrogens with zero attached hydrogens (tertiary/aromatic N) is 2. The molecule has 0 saturated heterocycles. The first-order valence-corrected chi connectivity index (χ1v) is 9.55. The van der Waals surface area contributed by atoms with Gasteiger partial charge in [-0.3, -0.25) is 4.79 Å². The van der Waals surface area contributed by atoms with E-state index in [1.54, 1.807) is 0 Å². The maximum Gasteiger partial charge on any atom is 0.223 e. The molecule has 0 aliphatic carbocycles. The summed E-state index contributed by atoms with van der Waals surface area (Å²) in [7, 11) is 0. The van der Waals surface area contributed by atoms with Gasteiger partial charge in [0.2, 0.25) is 5.91 Å². The average molecular weight is 377 g/mol. The molecule has 0 unspecified atom stereocenters. The Hall–Kier alpha value is -3.08. The van der Waals surface area contributed by atoms with Gasteiger partial charge in [-0.15, -0.1) is 0 Å². The fourth-order valence-electron chi connectivity index (χ4n) is 3.34. The van der Waals surface area contributed by atoms with Crippen LogP contribution >= 0.6 is 0 Å². The van der Waals surface area contributed by atoms with Gasteiger partial charge in [-0.2, -0.15) is 5.10 Å². The maximum absolute atomic E-state index is 12.4. The van der Waals surface area contributed by atoms with Crippen molar-refractivity contribution in [3.05, 3.63) is 77.1 Å². The van der Waals surface area contributed by atoms with Crippen molar-refractivity contribution >= 4 is 5.91 Å². The molecule has 28 heavy (non-hydrogen) atoms. The van der Waals surface area contributed by atoms with E-state index in [9.17, 15) is 4.79 Å². The monoisotopic (exact) mass is 377 g/mol. The Morgan fingerprint density at radius 3 is 2.43 bits per heavy atom. The SMILES string of the molecule is Cc1cccc(C)c1OCCC(=O)N[C@H](C)c1cnn(-c2ccccc2)c1C. The van der Waals surface area contributed by atoms with Crippen LogP contribution in [0.25, 0.3) is 5.69 Å². The number of carbonyl (C=O) groups is 1. The van der Waals surface area contributed by atoms with Gasteiger partial charge in [0.25, 0.3) is 0 Å². The normalized spacial score (nSPS) is 11.9. The highest BCUT2D eigenvalue weighted by atomic mass is 16.5. The summed E-state index contributed by atoms with van der Waals surface area (Å²) in [6, 6.07) is 15.9. The predicted molar refractivity (Wildman–Crippen MR) is 111 cm³/mol. The first-order chi connectivity index (χ1) is 13.5. The third-order valence-corrected chi connectivity index (χ3v) is 4.88. The van der Waals surface area contributed by atoms with Gasteiger partial charge in [-0.25, -0.2) is 4.68 Å². The van der Waals surface area contributed by atoms with Gasteiger partial charge in [0.1, 0.15) is 5.75 Å². The van der Waals surface area contributed by atoms with Gasteiger partial charge >= 0.3 is 0 Å². The summed E-state index contributed by atoms with van der Waals surface area (Å²) in [5.41, 5.74) is 5.20. The van der Waals surface area contributed by atoms with Crippen LogP contribution in [0, 0.1) is 20.8 Å². The number of aromatic nitrogens is 2. The Bertz CT molecular complexity index is 927. The third kappa shape index (κ3) is 4.42. The molecule has 0 bridgehead atoms. The molecule has 0 aliphatic rings. The molecular formula is C23H27N3O2. The molecule has 3 aromatic rings. The molecule has 1 atom stereocenters. The van der Waals surface area contributed by atoms with Gasteiger partial charge in [0, 0.05) is 11.3 Å². The number of hydrogen-bond acceptors (Lipinski definition) is 3. The molecule has 5 nitrogen and oxygen atoms in total. The van der Waals surface area contributed by atoms with Gasteiger partial charge in [-0.05, 0) is 51.0 Å². The summed E-state index contributed by atoms with van der Waals surface area (Å²) in [5.74, 6) is 0.828. The Morgan fingerprint density at radius 2 is 1.75 bits per heavy atom. The van der Waals surface area contributed by atoms with E-state index in [1.165, 1.54) is 0 Å². The van der Waals surface area contributed by atoms with Crippen LogP contribution in [0.4, 0.5) is 0 Å². The van der Waals surface area contributed by atoms with Crippen LogP contribution in [0.1, 0.15) is 41.8 Å². The number of amides is 1. The van der Waals surface area contributed by atoms with Crippen LogP contribution in [0.2, 0.25) is 0 Å². The zero-order valence-corrected chi connectivity index (χ0v) is 16.9. The van der Waals surface area contributed by atoms with Crippen molar-refractivity contribution in [2.45, 2.75) is 40.2 Å². The smallest absolute Gasteiger partial charge is 0.223 e. The molecule has 1 N–H and O–H groups in total. The van der Waals surface area contributed by atoms with Crippen LogP contribution in [0.3, 0.4) is 0 Å². The molecule has 0 aliphatic heterocycles. The molecule has 1 amide bonds. The number of carbonyl (C=O) groups excluding carboxylic acids is 1. The first-order valence-electron chi connectivity index (χ1n) is 9.55. The molecular weight excluding hydrogens is 350 g/mol. The number of nitrogens with one attached hydrogen (secondary N) is 1. The number of para-hydroxylation sites is 2. The quantitative estimate of drug-likeness (QED) is 0.662. The number of aryl methyl sites for hydroxylation is 2. The lowest BCUT2D eigenvalue weighted by Gasteiger charge is -2.15. The van der Waals surface area contributed by atoms with E-state index < -0.39 is 0 Å². The molecule has 0 fully saturated rings. The fraction of sp³-hybridized carbons (Fsp3) is 0.304. The van der Waals surface area contributed by atoms with Crippen molar-refractivity contribution in [3.63, 3.8) is 0 Å². The molecule has 3 rings (SSSR count). The maximum atomic E-state index is 12.4. The molecule has 5 heteroatoms. The van der Waals surface area contributed by atoms with Gasteiger partial charge in [-0.1, -0.05) is 36.4 Å². The van der Waals surface area contributed by atoms with E-state index in [-0.39, 0.29) is 11.9 Å². The van der Waals surface area contributed by atoms with Crippen molar-refractivity contribution in [2.75, 3.05) is 6.61 Å². The van der Waals surface area contributed by atoms with E-state index in [0.29, 0.717) is 13.0 Å². The highest BCUT2D eigenvalue weighted by molar-refractivity contribution is 5.76. The molecule has 0 spiro atoms. The topological polar surface area (TPSA) is 56.1 Å². The summed E-state index contributed by atoms with van der Waals surface area (Å²) >= 11 is 0. The highest BCUT2D eigenvalue weighted by Gasteiger charge is 2.16. The highest BCUT2D eigenvalue weighted by Crippen LogP contribution is 2.23. The second-order valence-electron chi connectivity index (χ2n) is 7.04. The van der Waals surface area contributed by atoms with Crippen LogP contribution in [0.15, 0.2) is 54.7 Å². The molecule has 146 valence electrons. The second-order valence-corrected chi connectivity index (χ2v) is 7.04. The minimum absolute atomic E-state index is 0.0365. The van der Waals surface area contributed by atoms with Crippen LogP contribution in [0.5, 0.6) is 5.75 Å². The molecule has 0 saturated carbocycles. The fourth-order valence-corrected chi connectivity index (χ4v) is 3.34. The standard InChI is InChI=1S/C23H27N3O2/c1-16-9-8-10-17(2)23(16)28-14-13-22(27)25-18(3)21-15-24-26(19(21)4)20-11-6-5-7-12-20/h5-12,15,18H,13-14H2,1-4H3,(H,25,27)/t18-/m1/s1. The van der Waals surface area contributed by atoms with E-state index in [1.807, 2.05) is 87.1 Å². The second kappa shape index (κ2) is 8.74. The van der Waals surface area contributed by atoms with Gasteiger partial charge < -0.3 is 10.1 Å². The summed E-state index contributed by atoms with van der Waals surface area (Å²) < 4.78 is 7.72. The van der Waals surface area contributed by atoms with E-state index >= 15 is 0 Å².